The summed E-state index contributed by atoms with van der Waals surface area (Å²) in [7, 11) is 0. The summed E-state index contributed by atoms with van der Waals surface area (Å²) in [4.78, 5) is 6.63. The van der Waals surface area contributed by atoms with E-state index in [4.69, 9.17) is 4.98 Å². The van der Waals surface area contributed by atoms with Crippen molar-refractivity contribution in [2.75, 3.05) is 0 Å². The molecule has 0 bridgehead atoms. The lowest BCUT2D eigenvalue weighted by atomic mass is 9.85. The average Bonchev–Trinajstić information content (AvgIpc) is 2.98. The van der Waals surface area contributed by atoms with E-state index in [1.807, 2.05) is 11.3 Å². The van der Waals surface area contributed by atoms with Gasteiger partial charge in [-0.15, -0.1) is 11.3 Å². The van der Waals surface area contributed by atoms with Gasteiger partial charge in [0.05, 0.1) is 11.2 Å². The minimum Gasteiger partial charge on any atom is -0.303 e. The van der Waals surface area contributed by atoms with E-state index in [2.05, 4.69) is 26.1 Å². The maximum atomic E-state index is 5.06. The Kier molecular flexibility index (Phi) is 4.19. The van der Waals surface area contributed by atoms with E-state index < -0.39 is 0 Å². The fraction of sp³-hybridized carbons (Fsp3) is 0.824. The third kappa shape index (κ3) is 2.80. The van der Waals surface area contributed by atoms with Crippen LogP contribution in [0.1, 0.15) is 74.9 Å². The third-order valence-corrected chi connectivity index (χ3v) is 6.42. The first-order valence-corrected chi connectivity index (χ1v) is 9.25. The van der Waals surface area contributed by atoms with E-state index in [0.29, 0.717) is 0 Å². The summed E-state index contributed by atoms with van der Waals surface area (Å²) in [5.74, 6) is 0.764. The highest BCUT2D eigenvalue weighted by Gasteiger charge is 2.40. The van der Waals surface area contributed by atoms with Gasteiger partial charge in [0, 0.05) is 10.9 Å². The summed E-state index contributed by atoms with van der Waals surface area (Å²) >= 11 is 2.00. The summed E-state index contributed by atoms with van der Waals surface area (Å²) < 4.78 is 0. The third-order valence-electron chi connectivity index (χ3n) is 5.06. The Labute approximate surface area is 127 Å². The van der Waals surface area contributed by atoms with Gasteiger partial charge in [-0.2, -0.15) is 0 Å². The van der Waals surface area contributed by atoms with Crippen molar-refractivity contribution in [2.45, 2.75) is 83.7 Å². The lowest BCUT2D eigenvalue weighted by molar-refractivity contribution is 0.246. The molecule has 0 aliphatic heterocycles. The van der Waals surface area contributed by atoms with Gasteiger partial charge in [0.15, 0.2) is 0 Å². The molecule has 1 saturated carbocycles. The molecule has 112 valence electrons. The fourth-order valence-corrected chi connectivity index (χ4v) is 4.74. The number of nitrogens with zero attached hydrogens (tertiary/aromatic N) is 1. The molecule has 1 heterocycles. The molecule has 1 N–H and O–H groups in total. The molecule has 0 amide bonds. The van der Waals surface area contributed by atoms with Crippen molar-refractivity contribution < 1.29 is 0 Å². The SMILES string of the molecule is CCC(C)CC(CC)(NC1CC1)c1nc2c(s1)CCC2. The topological polar surface area (TPSA) is 24.9 Å². The normalized spacial score (nSPS) is 22.6. The molecule has 0 saturated heterocycles. The van der Waals surface area contributed by atoms with Gasteiger partial charge in [-0.3, -0.25) is 0 Å². The Morgan fingerprint density at radius 2 is 2.15 bits per heavy atom. The molecule has 20 heavy (non-hydrogen) atoms. The number of hydrogen-bond acceptors (Lipinski definition) is 3. The van der Waals surface area contributed by atoms with Gasteiger partial charge < -0.3 is 5.32 Å². The van der Waals surface area contributed by atoms with Crippen LogP contribution in [-0.2, 0) is 18.4 Å². The van der Waals surface area contributed by atoms with Crippen LogP contribution in [0.3, 0.4) is 0 Å². The number of nitrogens with one attached hydrogen (secondary N) is 1. The van der Waals surface area contributed by atoms with E-state index in [1.165, 1.54) is 62.1 Å². The van der Waals surface area contributed by atoms with Gasteiger partial charge in [0.25, 0.3) is 0 Å². The second-order valence-corrected chi connectivity index (χ2v) is 7.90. The largest absolute Gasteiger partial charge is 0.303 e. The van der Waals surface area contributed by atoms with E-state index in [0.717, 1.165) is 12.0 Å². The van der Waals surface area contributed by atoms with Gasteiger partial charge in [0.1, 0.15) is 5.01 Å². The summed E-state index contributed by atoms with van der Waals surface area (Å²) in [6, 6.07) is 0.748. The monoisotopic (exact) mass is 292 g/mol. The van der Waals surface area contributed by atoms with E-state index in [-0.39, 0.29) is 5.54 Å². The Morgan fingerprint density at radius 1 is 1.35 bits per heavy atom. The molecular formula is C17H28N2S. The minimum absolute atomic E-state index is 0.144. The van der Waals surface area contributed by atoms with Crippen LogP contribution >= 0.6 is 11.3 Å². The number of hydrogen-bond donors (Lipinski definition) is 1. The lowest BCUT2D eigenvalue weighted by Crippen LogP contribution is -2.44. The van der Waals surface area contributed by atoms with Crippen molar-refractivity contribution >= 4 is 11.3 Å². The van der Waals surface area contributed by atoms with Gasteiger partial charge in [0.2, 0.25) is 0 Å². The van der Waals surface area contributed by atoms with Crippen molar-refractivity contribution in [2.24, 2.45) is 5.92 Å². The minimum atomic E-state index is 0.144. The Bertz CT molecular complexity index is 442. The zero-order valence-corrected chi connectivity index (χ0v) is 14.0. The molecular weight excluding hydrogens is 264 g/mol. The van der Waals surface area contributed by atoms with Crippen LogP contribution in [0.15, 0.2) is 0 Å². The lowest BCUT2D eigenvalue weighted by Gasteiger charge is -2.35. The predicted molar refractivity (Wildman–Crippen MR) is 86.3 cm³/mol. The fourth-order valence-electron chi connectivity index (χ4n) is 3.36. The Hall–Kier alpha value is -0.410. The molecule has 3 heteroatoms. The maximum absolute atomic E-state index is 5.06. The predicted octanol–water partition coefficient (Wildman–Crippen LogP) is 4.43. The van der Waals surface area contributed by atoms with Crippen LogP contribution in [-0.4, -0.2) is 11.0 Å². The van der Waals surface area contributed by atoms with Gasteiger partial charge in [-0.1, -0.05) is 27.2 Å². The van der Waals surface area contributed by atoms with Gasteiger partial charge in [-0.05, 0) is 50.9 Å². The standard InChI is InChI=1S/C17H28N2S/c1-4-12(3)11-17(5-2,19-13-9-10-13)16-18-14-7-6-8-15(14)20-16/h12-13,19H,4-11H2,1-3H3. The average molecular weight is 292 g/mol. The van der Waals surface area contributed by atoms with E-state index >= 15 is 0 Å². The number of aryl methyl sites for hydroxylation is 2. The molecule has 2 nitrogen and oxygen atoms in total. The van der Waals surface area contributed by atoms with E-state index in [1.54, 1.807) is 4.88 Å². The number of rotatable bonds is 7. The summed E-state index contributed by atoms with van der Waals surface area (Å²) in [5, 5.41) is 5.36. The second-order valence-electron chi connectivity index (χ2n) is 6.81. The van der Waals surface area contributed by atoms with Crippen molar-refractivity contribution in [3.63, 3.8) is 0 Å². The molecule has 0 radical (unpaired) electrons. The molecule has 0 spiro atoms. The molecule has 2 aliphatic carbocycles. The van der Waals surface area contributed by atoms with Crippen molar-refractivity contribution in [3.8, 4) is 0 Å². The highest BCUT2D eigenvalue weighted by Crippen LogP contribution is 2.41. The maximum Gasteiger partial charge on any atom is 0.113 e. The van der Waals surface area contributed by atoms with Crippen LogP contribution in [0.2, 0.25) is 0 Å². The molecule has 1 aromatic rings. The molecule has 3 rings (SSSR count). The van der Waals surface area contributed by atoms with Gasteiger partial charge >= 0.3 is 0 Å². The number of aromatic nitrogens is 1. The number of fused-ring (bicyclic) bond motifs is 1. The zero-order valence-electron chi connectivity index (χ0n) is 13.2. The first-order valence-electron chi connectivity index (χ1n) is 8.43. The van der Waals surface area contributed by atoms with Gasteiger partial charge in [-0.25, -0.2) is 4.98 Å². The molecule has 2 unspecified atom stereocenters. The van der Waals surface area contributed by atoms with Crippen LogP contribution < -0.4 is 5.32 Å². The van der Waals surface area contributed by atoms with Crippen LogP contribution in [0.4, 0.5) is 0 Å². The van der Waals surface area contributed by atoms with Crippen molar-refractivity contribution in [1.29, 1.82) is 0 Å². The Balaban J connectivity index is 1.88. The first kappa shape index (κ1) is 14.5. The first-order chi connectivity index (χ1) is 9.66. The van der Waals surface area contributed by atoms with E-state index in [9.17, 15) is 0 Å². The molecule has 2 atom stereocenters. The van der Waals surface area contributed by atoms with Crippen LogP contribution in [0, 0.1) is 5.92 Å². The smallest absolute Gasteiger partial charge is 0.113 e. The van der Waals surface area contributed by atoms with Crippen molar-refractivity contribution in [3.05, 3.63) is 15.6 Å². The molecule has 1 aromatic heterocycles. The highest BCUT2D eigenvalue weighted by atomic mass is 32.1. The number of thiazole rings is 1. The van der Waals surface area contributed by atoms with Crippen molar-refractivity contribution in [1.82, 2.24) is 10.3 Å². The summed E-state index contributed by atoms with van der Waals surface area (Å²) in [5.41, 5.74) is 1.55. The summed E-state index contributed by atoms with van der Waals surface area (Å²) in [6.45, 7) is 7.04. The molecule has 0 aromatic carbocycles. The van der Waals surface area contributed by atoms with Crippen LogP contribution in [0.5, 0.6) is 0 Å². The zero-order chi connectivity index (χ0) is 14.2. The summed E-state index contributed by atoms with van der Waals surface area (Å²) in [6.07, 6.45) is 10.2. The van der Waals surface area contributed by atoms with Crippen LogP contribution in [0.25, 0.3) is 0 Å². The second kappa shape index (κ2) is 5.76. The quantitative estimate of drug-likeness (QED) is 0.804. The molecule has 2 aliphatic rings. The molecule has 1 fully saturated rings. The highest BCUT2D eigenvalue weighted by molar-refractivity contribution is 7.12. The Morgan fingerprint density at radius 3 is 2.75 bits per heavy atom.